The monoisotopic (exact) mass is 592 g/mol. The Hall–Kier alpha value is -4.65. The Labute approximate surface area is 252 Å². The van der Waals surface area contributed by atoms with E-state index in [2.05, 4.69) is 16.7 Å². The summed E-state index contributed by atoms with van der Waals surface area (Å²) in [6, 6.07) is 28.7. The summed E-state index contributed by atoms with van der Waals surface area (Å²) in [5.41, 5.74) is 3.72. The molecular weight excluding hydrogens is 565 g/mol. The summed E-state index contributed by atoms with van der Waals surface area (Å²) in [6.07, 6.45) is 3.82. The molecule has 1 atom stereocenters. The van der Waals surface area contributed by atoms with Crippen molar-refractivity contribution >= 4 is 57.6 Å². The average Bonchev–Trinajstić information content (AvgIpc) is 3.36. The van der Waals surface area contributed by atoms with Gasteiger partial charge in [0, 0.05) is 35.0 Å². The van der Waals surface area contributed by atoms with E-state index >= 15 is 0 Å². The van der Waals surface area contributed by atoms with Gasteiger partial charge in [-0.1, -0.05) is 66.7 Å². The predicted octanol–water partition coefficient (Wildman–Crippen LogP) is 6.65. The Kier molecular flexibility index (Phi) is 9.17. The SMILES string of the molecule is CC(=O)N1CCc2c(sc(NC(=O)C(Sc3cccc(NC(=O)/C=C/c4ccccc4)c3)c3ccccc3)c2C#N)C1. The Morgan fingerprint density at radius 3 is 2.45 bits per heavy atom. The number of carbonyl (C=O) groups is 3. The van der Waals surface area contributed by atoms with E-state index in [1.165, 1.54) is 36.1 Å². The number of hydrogen-bond acceptors (Lipinski definition) is 6. The summed E-state index contributed by atoms with van der Waals surface area (Å²) in [5, 5.41) is 15.7. The lowest BCUT2D eigenvalue weighted by Crippen LogP contribution is -2.33. The number of nitrogens with zero attached hydrogens (tertiary/aromatic N) is 2. The standard InChI is InChI=1S/C33H28N4O3S2/c1-22(38)37-18-17-27-28(20-34)33(42-29(27)21-37)36-32(40)31(24-11-6-3-7-12-24)41-26-14-8-13-25(19-26)35-30(39)16-15-23-9-4-2-5-10-23/h2-16,19,31H,17-18,21H2,1H3,(H,35,39)(H,36,40)/b16-15+. The number of amides is 3. The van der Waals surface area contributed by atoms with Crippen LogP contribution in [0.5, 0.6) is 0 Å². The minimum Gasteiger partial charge on any atom is -0.337 e. The molecule has 2 heterocycles. The van der Waals surface area contributed by atoms with Crippen LogP contribution in [-0.2, 0) is 27.3 Å². The molecule has 0 saturated heterocycles. The van der Waals surface area contributed by atoms with Gasteiger partial charge in [-0.05, 0) is 47.4 Å². The number of nitriles is 1. The van der Waals surface area contributed by atoms with Gasteiger partial charge in [0.1, 0.15) is 16.3 Å². The van der Waals surface area contributed by atoms with E-state index in [1.807, 2.05) is 78.9 Å². The van der Waals surface area contributed by atoms with Crippen molar-refractivity contribution < 1.29 is 14.4 Å². The molecule has 210 valence electrons. The van der Waals surface area contributed by atoms with E-state index in [0.717, 1.165) is 26.5 Å². The van der Waals surface area contributed by atoms with Crippen LogP contribution in [-0.4, -0.2) is 29.2 Å². The number of nitrogens with one attached hydrogen (secondary N) is 2. The van der Waals surface area contributed by atoms with E-state index < -0.39 is 5.25 Å². The number of rotatable bonds is 8. The van der Waals surface area contributed by atoms with Crippen molar-refractivity contribution in [2.24, 2.45) is 0 Å². The molecule has 0 radical (unpaired) electrons. The molecule has 0 spiro atoms. The Morgan fingerprint density at radius 2 is 1.74 bits per heavy atom. The first-order chi connectivity index (χ1) is 20.4. The highest BCUT2D eigenvalue weighted by Gasteiger charge is 2.29. The number of thiophene rings is 1. The maximum Gasteiger partial charge on any atom is 0.248 e. The fraction of sp³-hybridized carbons (Fsp3) is 0.152. The van der Waals surface area contributed by atoms with Gasteiger partial charge in [-0.15, -0.1) is 23.1 Å². The summed E-state index contributed by atoms with van der Waals surface area (Å²) < 4.78 is 0. The van der Waals surface area contributed by atoms with Crippen LogP contribution in [0.15, 0.2) is 95.9 Å². The molecule has 1 aromatic heterocycles. The summed E-state index contributed by atoms with van der Waals surface area (Å²) >= 11 is 2.72. The summed E-state index contributed by atoms with van der Waals surface area (Å²) in [6.45, 7) is 2.53. The first kappa shape index (κ1) is 28.9. The lowest BCUT2D eigenvalue weighted by atomic mass is 10.0. The summed E-state index contributed by atoms with van der Waals surface area (Å²) in [7, 11) is 0. The largest absolute Gasteiger partial charge is 0.337 e. The molecule has 1 aliphatic rings. The van der Waals surface area contributed by atoms with Crippen molar-refractivity contribution in [1.29, 1.82) is 5.26 Å². The number of benzene rings is 3. The first-order valence-corrected chi connectivity index (χ1v) is 15.1. The van der Waals surface area contributed by atoms with Crippen molar-refractivity contribution in [3.63, 3.8) is 0 Å². The van der Waals surface area contributed by atoms with Crippen LogP contribution >= 0.6 is 23.1 Å². The second kappa shape index (κ2) is 13.3. The maximum atomic E-state index is 13.8. The van der Waals surface area contributed by atoms with E-state index in [1.54, 1.807) is 17.0 Å². The number of hydrogen-bond donors (Lipinski definition) is 2. The van der Waals surface area contributed by atoms with Gasteiger partial charge in [0.2, 0.25) is 17.7 Å². The van der Waals surface area contributed by atoms with Crippen molar-refractivity contribution in [1.82, 2.24) is 4.90 Å². The van der Waals surface area contributed by atoms with Crippen LogP contribution < -0.4 is 10.6 Å². The van der Waals surface area contributed by atoms with E-state index in [9.17, 15) is 19.6 Å². The zero-order chi connectivity index (χ0) is 29.5. The lowest BCUT2D eigenvalue weighted by molar-refractivity contribution is -0.129. The van der Waals surface area contributed by atoms with Crippen LogP contribution in [0.25, 0.3) is 6.08 Å². The quantitative estimate of drug-likeness (QED) is 0.176. The molecule has 42 heavy (non-hydrogen) atoms. The van der Waals surface area contributed by atoms with Crippen LogP contribution in [0.1, 0.15) is 39.3 Å². The second-order valence-electron chi connectivity index (χ2n) is 9.67. The van der Waals surface area contributed by atoms with Crippen LogP contribution in [0.3, 0.4) is 0 Å². The number of thioether (sulfide) groups is 1. The van der Waals surface area contributed by atoms with Gasteiger partial charge in [0.25, 0.3) is 0 Å². The molecule has 3 aromatic carbocycles. The van der Waals surface area contributed by atoms with Gasteiger partial charge in [-0.25, -0.2) is 0 Å². The molecule has 2 N–H and O–H groups in total. The van der Waals surface area contributed by atoms with Gasteiger partial charge in [-0.2, -0.15) is 5.26 Å². The molecule has 1 aliphatic heterocycles. The highest BCUT2D eigenvalue weighted by molar-refractivity contribution is 8.00. The summed E-state index contributed by atoms with van der Waals surface area (Å²) in [4.78, 5) is 41.7. The molecule has 1 unspecified atom stereocenters. The third kappa shape index (κ3) is 6.97. The van der Waals surface area contributed by atoms with Crippen molar-refractivity contribution in [3.05, 3.63) is 118 Å². The fourth-order valence-corrected chi connectivity index (χ4v) is 6.96. The lowest BCUT2D eigenvalue weighted by Gasteiger charge is -2.25. The zero-order valence-corrected chi connectivity index (χ0v) is 24.5. The molecule has 0 aliphatic carbocycles. The minimum atomic E-state index is -0.616. The second-order valence-corrected chi connectivity index (χ2v) is 12.0. The molecule has 0 saturated carbocycles. The van der Waals surface area contributed by atoms with Gasteiger partial charge >= 0.3 is 0 Å². The van der Waals surface area contributed by atoms with Crippen LogP contribution in [0.2, 0.25) is 0 Å². The highest BCUT2D eigenvalue weighted by Crippen LogP contribution is 2.40. The molecule has 9 heteroatoms. The van der Waals surface area contributed by atoms with Crippen molar-refractivity contribution in [2.45, 2.75) is 30.0 Å². The number of fused-ring (bicyclic) bond motifs is 1. The van der Waals surface area contributed by atoms with Gasteiger partial charge in [0.15, 0.2) is 0 Å². The van der Waals surface area contributed by atoms with Crippen LogP contribution in [0, 0.1) is 11.3 Å². The van der Waals surface area contributed by atoms with Gasteiger partial charge in [0.05, 0.1) is 12.1 Å². The smallest absolute Gasteiger partial charge is 0.248 e. The molecule has 0 bridgehead atoms. The number of anilines is 2. The Balaban J connectivity index is 1.34. The molecule has 5 rings (SSSR count). The fourth-order valence-electron chi connectivity index (χ4n) is 4.66. The molecule has 4 aromatic rings. The topological polar surface area (TPSA) is 102 Å². The van der Waals surface area contributed by atoms with Gasteiger partial charge in [-0.3, -0.25) is 14.4 Å². The molecular formula is C33H28N4O3S2. The normalized spacial score (nSPS) is 13.2. The molecule has 7 nitrogen and oxygen atoms in total. The van der Waals surface area contributed by atoms with Crippen LogP contribution in [0.4, 0.5) is 10.7 Å². The first-order valence-electron chi connectivity index (χ1n) is 13.4. The minimum absolute atomic E-state index is 0.00989. The predicted molar refractivity (Wildman–Crippen MR) is 168 cm³/mol. The van der Waals surface area contributed by atoms with E-state index in [-0.39, 0.29) is 17.7 Å². The highest BCUT2D eigenvalue weighted by atomic mass is 32.2. The van der Waals surface area contributed by atoms with Crippen molar-refractivity contribution in [2.75, 3.05) is 17.2 Å². The number of carbonyl (C=O) groups excluding carboxylic acids is 3. The Morgan fingerprint density at radius 1 is 1.00 bits per heavy atom. The third-order valence-electron chi connectivity index (χ3n) is 6.77. The maximum absolute atomic E-state index is 13.8. The third-order valence-corrected chi connectivity index (χ3v) is 9.15. The molecule has 0 fully saturated rings. The van der Waals surface area contributed by atoms with Crippen molar-refractivity contribution in [3.8, 4) is 6.07 Å². The van der Waals surface area contributed by atoms with E-state index in [0.29, 0.717) is 35.8 Å². The average molecular weight is 593 g/mol. The zero-order valence-electron chi connectivity index (χ0n) is 22.9. The van der Waals surface area contributed by atoms with Gasteiger partial charge < -0.3 is 15.5 Å². The molecule has 3 amide bonds. The Bertz CT molecular complexity index is 1680. The van der Waals surface area contributed by atoms with E-state index in [4.69, 9.17) is 0 Å². The summed E-state index contributed by atoms with van der Waals surface area (Å²) in [5.74, 6) is -0.526.